The summed E-state index contributed by atoms with van der Waals surface area (Å²) in [5.74, 6) is 0. The molecule has 3 nitrogen and oxygen atoms in total. The molecule has 1 aromatic rings. The van der Waals surface area contributed by atoms with E-state index in [1.54, 1.807) is 6.92 Å². The summed E-state index contributed by atoms with van der Waals surface area (Å²) in [6.45, 7) is 4.73. The summed E-state index contributed by atoms with van der Waals surface area (Å²) in [5.41, 5.74) is 8.91. The SMILES string of the molecule is CC(O)C[C@@H](N)CN1CCc2ccccc2C1. The molecule has 0 fully saturated rings. The van der Waals surface area contributed by atoms with Crippen LogP contribution in [0.1, 0.15) is 24.5 Å². The molecule has 1 unspecified atom stereocenters. The maximum absolute atomic E-state index is 9.31. The van der Waals surface area contributed by atoms with Gasteiger partial charge in [-0.25, -0.2) is 0 Å². The van der Waals surface area contributed by atoms with Gasteiger partial charge in [-0.05, 0) is 30.9 Å². The van der Waals surface area contributed by atoms with Gasteiger partial charge in [0, 0.05) is 25.7 Å². The van der Waals surface area contributed by atoms with Crippen LogP contribution in [0.2, 0.25) is 0 Å². The lowest BCUT2D eigenvalue weighted by atomic mass is 9.99. The van der Waals surface area contributed by atoms with E-state index < -0.39 is 0 Å². The Hall–Kier alpha value is -0.900. The minimum absolute atomic E-state index is 0.0697. The van der Waals surface area contributed by atoms with Gasteiger partial charge in [0.05, 0.1) is 6.10 Å². The van der Waals surface area contributed by atoms with Crippen molar-refractivity contribution in [3.8, 4) is 0 Å². The van der Waals surface area contributed by atoms with Gasteiger partial charge in [0.2, 0.25) is 0 Å². The molecule has 1 aromatic carbocycles. The summed E-state index contributed by atoms with van der Waals surface area (Å²) in [7, 11) is 0. The molecule has 0 spiro atoms. The summed E-state index contributed by atoms with van der Waals surface area (Å²) < 4.78 is 0. The van der Waals surface area contributed by atoms with E-state index in [1.165, 1.54) is 11.1 Å². The van der Waals surface area contributed by atoms with Crippen LogP contribution in [0.4, 0.5) is 0 Å². The van der Waals surface area contributed by atoms with Gasteiger partial charge < -0.3 is 10.8 Å². The van der Waals surface area contributed by atoms with E-state index in [2.05, 4.69) is 29.2 Å². The van der Waals surface area contributed by atoms with Crippen LogP contribution in [-0.4, -0.2) is 35.2 Å². The lowest BCUT2D eigenvalue weighted by molar-refractivity contribution is 0.156. The number of aliphatic hydroxyl groups excluding tert-OH is 1. The van der Waals surface area contributed by atoms with Crippen molar-refractivity contribution < 1.29 is 5.11 Å². The number of aliphatic hydroxyl groups is 1. The van der Waals surface area contributed by atoms with Crippen molar-refractivity contribution in [3.05, 3.63) is 35.4 Å². The molecular weight excluding hydrogens is 212 g/mol. The first kappa shape index (κ1) is 12.6. The first-order valence-corrected chi connectivity index (χ1v) is 6.38. The van der Waals surface area contributed by atoms with Gasteiger partial charge in [-0.2, -0.15) is 0 Å². The molecule has 0 radical (unpaired) electrons. The molecule has 1 aliphatic rings. The van der Waals surface area contributed by atoms with Crippen LogP contribution in [0.25, 0.3) is 0 Å². The maximum Gasteiger partial charge on any atom is 0.0527 e. The van der Waals surface area contributed by atoms with E-state index in [9.17, 15) is 5.11 Å². The highest BCUT2D eigenvalue weighted by Gasteiger charge is 2.18. The summed E-state index contributed by atoms with van der Waals surface area (Å²) in [5, 5.41) is 9.31. The predicted molar refractivity (Wildman–Crippen MR) is 69.7 cm³/mol. The number of fused-ring (bicyclic) bond motifs is 1. The van der Waals surface area contributed by atoms with Crippen LogP contribution < -0.4 is 5.73 Å². The Morgan fingerprint density at radius 1 is 1.35 bits per heavy atom. The van der Waals surface area contributed by atoms with E-state index >= 15 is 0 Å². The molecule has 2 atom stereocenters. The van der Waals surface area contributed by atoms with E-state index in [4.69, 9.17) is 5.73 Å². The highest BCUT2D eigenvalue weighted by atomic mass is 16.3. The van der Waals surface area contributed by atoms with E-state index in [0.29, 0.717) is 6.42 Å². The van der Waals surface area contributed by atoms with Crippen molar-refractivity contribution in [1.29, 1.82) is 0 Å². The second-order valence-electron chi connectivity index (χ2n) is 5.10. The third kappa shape index (κ3) is 3.53. The summed E-state index contributed by atoms with van der Waals surface area (Å²) in [4.78, 5) is 2.38. The smallest absolute Gasteiger partial charge is 0.0527 e. The molecule has 1 aliphatic heterocycles. The van der Waals surface area contributed by atoms with Gasteiger partial charge in [0.1, 0.15) is 0 Å². The highest BCUT2D eigenvalue weighted by molar-refractivity contribution is 5.29. The molecule has 94 valence electrons. The second kappa shape index (κ2) is 5.63. The van der Waals surface area contributed by atoms with Crippen LogP contribution in [0.5, 0.6) is 0 Å². The van der Waals surface area contributed by atoms with Gasteiger partial charge >= 0.3 is 0 Å². The monoisotopic (exact) mass is 234 g/mol. The number of nitrogens with two attached hydrogens (primary N) is 1. The van der Waals surface area contributed by atoms with Crippen LogP contribution in [0, 0.1) is 0 Å². The lowest BCUT2D eigenvalue weighted by Crippen LogP contribution is -2.41. The summed E-state index contributed by atoms with van der Waals surface area (Å²) in [6.07, 6.45) is 1.48. The number of hydrogen-bond acceptors (Lipinski definition) is 3. The van der Waals surface area contributed by atoms with Gasteiger partial charge in [-0.3, -0.25) is 4.90 Å². The zero-order valence-electron chi connectivity index (χ0n) is 10.5. The molecule has 1 heterocycles. The number of nitrogens with zero attached hydrogens (tertiary/aromatic N) is 1. The molecule has 3 N–H and O–H groups in total. The van der Waals surface area contributed by atoms with Crippen LogP contribution in [-0.2, 0) is 13.0 Å². The van der Waals surface area contributed by atoms with Gasteiger partial charge in [0.15, 0.2) is 0 Å². The molecule has 2 rings (SSSR count). The molecule has 0 saturated heterocycles. The quantitative estimate of drug-likeness (QED) is 0.821. The normalized spacial score (nSPS) is 19.7. The standard InChI is InChI=1S/C14H22N2O/c1-11(17)8-14(15)10-16-7-6-12-4-2-3-5-13(12)9-16/h2-5,11,14,17H,6-10,15H2,1H3/t11?,14-/m1/s1. The lowest BCUT2D eigenvalue weighted by Gasteiger charge is -2.31. The van der Waals surface area contributed by atoms with Crippen molar-refractivity contribution in [2.75, 3.05) is 13.1 Å². The average Bonchev–Trinajstić information content (AvgIpc) is 2.27. The molecule has 0 bridgehead atoms. The molecular formula is C14H22N2O. The zero-order chi connectivity index (χ0) is 12.3. The Morgan fingerprint density at radius 2 is 2.06 bits per heavy atom. The number of hydrogen-bond donors (Lipinski definition) is 2. The topological polar surface area (TPSA) is 49.5 Å². The Labute approximate surface area is 103 Å². The molecule has 0 aromatic heterocycles. The highest BCUT2D eigenvalue weighted by Crippen LogP contribution is 2.18. The Balaban J connectivity index is 1.90. The van der Waals surface area contributed by atoms with Gasteiger partial charge in [-0.15, -0.1) is 0 Å². The minimum Gasteiger partial charge on any atom is -0.393 e. The summed E-state index contributed by atoms with van der Waals surface area (Å²) >= 11 is 0. The van der Waals surface area contributed by atoms with Crippen LogP contribution in [0.3, 0.4) is 0 Å². The fraction of sp³-hybridized carbons (Fsp3) is 0.571. The fourth-order valence-corrected chi connectivity index (χ4v) is 2.55. The molecule has 0 saturated carbocycles. The Bertz CT molecular complexity index is 365. The zero-order valence-corrected chi connectivity index (χ0v) is 10.5. The van der Waals surface area contributed by atoms with Crippen molar-refractivity contribution in [2.24, 2.45) is 5.73 Å². The van der Waals surface area contributed by atoms with E-state index in [1.807, 2.05) is 0 Å². The minimum atomic E-state index is -0.304. The maximum atomic E-state index is 9.31. The van der Waals surface area contributed by atoms with Crippen LogP contribution >= 0.6 is 0 Å². The first-order chi connectivity index (χ1) is 8.15. The third-order valence-electron chi connectivity index (χ3n) is 3.35. The molecule has 17 heavy (non-hydrogen) atoms. The predicted octanol–water partition coefficient (Wildman–Crippen LogP) is 1.14. The van der Waals surface area contributed by atoms with Crippen molar-refractivity contribution in [2.45, 2.75) is 38.5 Å². The molecule has 3 heteroatoms. The van der Waals surface area contributed by atoms with Gasteiger partial charge in [-0.1, -0.05) is 24.3 Å². The fourth-order valence-electron chi connectivity index (χ4n) is 2.55. The second-order valence-corrected chi connectivity index (χ2v) is 5.10. The van der Waals surface area contributed by atoms with Gasteiger partial charge in [0.25, 0.3) is 0 Å². The van der Waals surface area contributed by atoms with Crippen molar-refractivity contribution in [1.82, 2.24) is 4.90 Å². The third-order valence-corrected chi connectivity index (χ3v) is 3.35. The summed E-state index contributed by atoms with van der Waals surface area (Å²) in [6, 6.07) is 8.68. The number of rotatable bonds is 4. The Kier molecular flexibility index (Phi) is 4.15. The average molecular weight is 234 g/mol. The van der Waals surface area contributed by atoms with E-state index in [0.717, 1.165) is 26.1 Å². The molecule has 0 aliphatic carbocycles. The largest absolute Gasteiger partial charge is 0.393 e. The number of benzene rings is 1. The molecule has 0 amide bonds. The van der Waals surface area contributed by atoms with Crippen molar-refractivity contribution in [3.63, 3.8) is 0 Å². The van der Waals surface area contributed by atoms with E-state index in [-0.39, 0.29) is 12.1 Å². The van der Waals surface area contributed by atoms with Crippen molar-refractivity contribution >= 4 is 0 Å². The first-order valence-electron chi connectivity index (χ1n) is 6.38. The van der Waals surface area contributed by atoms with Crippen LogP contribution in [0.15, 0.2) is 24.3 Å². The Morgan fingerprint density at radius 3 is 2.76 bits per heavy atom.